The lowest BCUT2D eigenvalue weighted by Crippen LogP contribution is -2.28. The van der Waals surface area contributed by atoms with Crippen molar-refractivity contribution in [1.82, 2.24) is 14.2 Å². The van der Waals surface area contributed by atoms with E-state index in [-0.39, 0.29) is 6.04 Å². The van der Waals surface area contributed by atoms with Crippen molar-refractivity contribution in [3.8, 4) is 0 Å². The maximum atomic E-state index is 12.7. The Bertz CT molecular complexity index is 613. The van der Waals surface area contributed by atoms with E-state index in [2.05, 4.69) is 23.7 Å². The summed E-state index contributed by atoms with van der Waals surface area (Å²) in [5.74, 6) is 0. The summed E-state index contributed by atoms with van der Waals surface area (Å²) in [5, 5.41) is 3.38. The molecule has 3 rings (SSSR count). The number of aromatic nitrogens is 1. The molecule has 2 aliphatic carbocycles. The largest absolute Gasteiger partial charge is 0.346 e. The molecule has 0 spiro atoms. The molecule has 5 nitrogen and oxygen atoms in total. The molecule has 1 aromatic heterocycles. The molecule has 1 aromatic rings. The molecule has 0 bridgehead atoms. The highest BCUT2D eigenvalue weighted by molar-refractivity contribution is 7.89. The Labute approximate surface area is 127 Å². The Balaban J connectivity index is 1.86. The highest BCUT2D eigenvalue weighted by Crippen LogP contribution is 2.38. The van der Waals surface area contributed by atoms with Gasteiger partial charge in [-0.3, -0.25) is 0 Å². The van der Waals surface area contributed by atoms with Crippen molar-refractivity contribution in [2.75, 3.05) is 7.05 Å². The lowest BCUT2D eigenvalue weighted by molar-refractivity contribution is 0.464. The third-order valence-electron chi connectivity index (χ3n) is 4.28. The second kappa shape index (κ2) is 5.41. The Morgan fingerprint density at radius 2 is 2.00 bits per heavy atom. The molecule has 0 atom stereocenters. The highest BCUT2D eigenvalue weighted by atomic mass is 32.2. The van der Waals surface area contributed by atoms with Crippen LogP contribution in [0.4, 0.5) is 0 Å². The van der Waals surface area contributed by atoms with E-state index in [1.807, 2.05) is 12.3 Å². The van der Waals surface area contributed by atoms with Gasteiger partial charge in [0.15, 0.2) is 0 Å². The molecule has 0 radical (unpaired) electrons. The van der Waals surface area contributed by atoms with Crippen molar-refractivity contribution in [2.24, 2.45) is 0 Å². The third kappa shape index (κ3) is 3.17. The molecule has 0 aromatic carbocycles. The van der Waals surface area contributed by atoms with Crippen LogP contribution < -0.4 is 5.32 Å². The van der Waals surface area contributed by atoms with Crippen molar-refractivity contribution in [2.45, 2.75) is 69.1 Å². The van der Waals surface area contributed by atoms with Crippen LogP contribution >= 0.6 is 0 Å². The van der Waals surface area contributed by atoms with Gasteiger partial charge in [-0.2, -0.15) is 4.31 Å². The van der Waals surface area contributed by atoms with Crippen molar-refractivity contribution < 1.29 is 8.42 Å². The summed E-state index contributed by atoms with van der Waals surface area (Å²) in [4.78, 5) is 0.448. The normalized spacial score (nSPS) is 19.7. The average Bonchev–Trinajstić information content (AvgIpc) is 3.32. The summed E-state index contributed by atoms with van der Waals surface area (Å²) >= 11 is 0. The monoisotopic (exact) mass is 311 g/mol. The molecule has 1 heterocycles. The first kappa shape index (κ1) is 15.1. The molecular weight excluding hydrogens is 286 g/mol. The molecule has 1 N–H and O–H groups in total. The number of hydrogen-bond donors (Lipinski definition) is 1. The van der Waals surface area contributed by atoms with Gasteiger partial charge in [0.2, 0.25) is 10.0 Å². The van der Waals surface area contributed by atoms with E-state index in [4.69, 9.17) is 0 Å². The van der Waals surface area contributed by atoms with Gasteiger partial charge in [-0.15, -0.1) is 0 Å². The fourth-order valence-electron chi connectivity index (χ4n) is 2.58. The minimum atomic E-state index is -3.34. The summed E-state index contributed by atoms with van der Waals surface area (Å²) in [6, 6.07) is 2.93. The highest BCUT2D eigenvalue weighted by Gasteiger charge is 2.36. The lowest BCUT2D eigenvalue weighted by Gasteiger charge is -2.14. The van der Waals surface area contributed by atoms with Crippen molar-refractivity contribution in [1.29, 1.82) is 0 Å². The molecule has 6 heteroatoms. The quantitative estimate of drug-likeness (QED) is 0.839. The minimum Gasteiger partial charge on any atom is -0.346 e. The third-order valence-corrected chi connectivity index (χ3v) is 6.15. The zero-order chi connectivity index (χ0) is 15.2. The Hall–Kier alpha value is -0.850. The number of nitrogens with one attached hydrogen (secondary N) is 1. The molecule has 118 valence electrons. The Morgan fingerprint density at radius 3 is 2.52 bits per heavy atom. The van der Waals surface area contributed by atoms with Crippen LogP contribution in [0, 0.1) is 0 Å². The maximum absolute atomic E-state index is 12.7. The van der Waals surface area contributed by atoms with E-state index in [1.54, 1.807) is 11.4 Å². The van der Waals surface area contributed by atoms with Gasteiger partial charge >= 0.3 is 0 Å². The number of hydrogen-bond acceptors (Lipinski definition) is 3. The van der Waals surface area contributed by atoms with Crippen LogP contribution in [0.2, 0.25) is 0 Å². The molecule has 2 saturated carbocycles. The Kier molecular flexibility index (Phi) is 3.88. The van der Waals surface area contributed by atoms with Gasteiger partial charge in [0.05, 0.1) is 0 Å². The molecule has 2 fully saturated rings. The van der Waals surface area contributed by atoms with Crippen LogP contribution in [0.5, 0.6) is 0 Å². The van der Waals surface area contributed by atoms with E-state index >= 15 is 0 Å². The maximum Gasteiger partial charge on any atom is 0.244 e. The summed E-state index contributed by atoms with van der Waals surface area (Å²) < 4.78 is 29.0. The second-order valence-electron chi connectivity index (χ2n) is 6.59. The summed E-state index contributed by atoms with van der Waals surface area (Å²) in [6.07, 6.45) is 6.12. The predicted octanol–water partition coefficient (Wildman–Crippen LogP) is 2.10. The minimum absolute atomic E-state index is 0.205. The van der Waals surface area contributed by atoms with Gasteiger partial charge in [-0.05, 0) is 31.7 Å². The van der Waals surface area contributed by atoms with Crippen LogP contribution in [0.3, 0.4) is 0 Å². The van der Waals surface area contributed by atoms with Crippen LogP contribution in [-0.4, -0.2) is 36.4 Å². The standard InChI is InChI=1S/C15H25N3O2S/c1-11(2)16-9-14-8-15(10-18(14)13-6-7-13)21(19,20)17(3)12-4-5-12/h8,10-13,16H,4-7,9H2,1-3H3. The average molecular weight is 311 g/mol. The smallest absolute Gasteiger partial charge is 0.244 e. The SMILES string of the molecule is CC(C)NCc1cc(S(=O)(=O)N(C)C2CC2)cn1C1CC1. The van der Waals surface area contributed by atoms with Gasteiger partial charge in [0, 0.05) is 43.6 Å². The topological polar surface area (TPSA) is 54.3 Å². The van der Waals surface area contributed by atoms with Crippen molar-refractivity contribution >= 4 is 10.0 Å². The van der Waals surface area contributed by atoms with Crippen molar-refractivity contribution in [3.05, 3.63) is 18.0 Å². The van der Waals surface area contributed by atoms with E-state index < -0.39 is 10.0 Å². The summed E-state index contributed by atoms with van der Waals surface area (Å²) in [7, 11) is -1.64. The van der Waals surface area contributed by atoms with Crippen LogP contribution in [-0.2, 0) is 16.6 Å². The van der Waals surface area contributed by atoms with Gasteiger partial charge in [0.1, 0.15) is 4.90 Å². The molecule has 0 unspecified atom stereocenters. The molecule has 0 amide bonds. The van der Waals surface area contributed by atoms with Crippen LogP contribution in [0.25, 0.3) is 0 Å². The van der Waals surface area contributed by atoms with Crippen molar-refractivity contribution in [3.63, 3.8) is 0 Å². The fourth-order valence-corrected chi connectivity index (χ4v) is 4.05. The number of rotatable bonds is 7. The molecule has 0 saturated heterocycles. The van der Waals surface area contributed by atoms with E-state index in [1.165, 1.54) is 0 Å². The second-order valence-corrected chi connectivity index (χ2v) is 8.59. The first-order chi connectivity index (χ1) is 9.89. The Morgan fingerprint density at radius 1 is 1.33 bits per heavy atom. The van der Waals surface area contributed by atoms with Crippen LogP contribution in [0.1, 0.15) is 51.3 Å². The van der Waals surface area contributed by atoms with E-state index in [0.29, 0.717) is 17.0 Å². The first-order valence-electron chi connectivity index (χ1n) is 7.81. The first-order valence-corrected chi connectivity index (χ1v) is 9.26. The fraction of sp³-hybridized carbons (Fsp3) is 0.733. The van der Waals surface area contributed by atoms with Gasteiger partial charge in [-0.25, -0.2) is 8.42 Å². The molecular formula is C15H25N3O2S. The molecule has 2 aliphatic rings. The van der Waals surface area contributed by atoms with Gasteiger partial charge < -0.3 is 9.88 Å². The molecule has 0 aliphatic heterocycles. The lowest BCUT2D eigenvalue weighted by atomic mass is 10.3. The zero-order valence-electron chi connectivity index (χ0n) is 13.0. The number of sulfonamides is 1. The van der Waals surface area contributed by atoms with E-state index in [0.717, 1.165) is 37.9 Å². The van der Waals surface area contributed by atoms with E-state index in [9.17, 15) is 8.42 Å². The van der Waals surface area contributed by atoms with Gasteiger partial charge in [-0.1, -0.05) is 13.8 Å². The zero-order valence-corrected chi connectivity index (χ0v) is 13.9. The summed E-state index contributed by atoms with van der Waals surface area (Å²) in [6.45, 7) is 4.92. The number of nitrogens with zero attached hydrogens (tertiary/aromatic N) is 2. The molecule has 21 heavy (non-hydrogen) atoms. The summed E-state index contributed by atoms with van der Waals surface area (Å²) in [5.41, 5.74) is 1.08. The van der Waals surface area contributed by atoms with Gasteiger partial charge in [0.25, 0.3) is 0 Å². The van der Waals surface area contributed by atoms with Crippen LogP contribution in [0.15, 0.2) is 17.2 Å². The predicted molar refractivity (Wildman–Crippen MR) is 82.6 cm³/mol.